The molecule has 2 aromatic heterocycles. The van der Waals surface area contributed by atoms with Gasteiger partial charge in [-0.25, -0.2) is 9.78 Å². The molecule has 100 valence electrons. The lowest BCUT2D eigenvalue weighted by Crippen LogP contribution is -2.11. The molecule has 0 radical (unpaired) electrons. The van der Waals surface area contributed by atoms with E-state index < -0.39 is 0 Å². The lowest BCUT2D eigenvalue weighted by molar-refractivity contribution is 0.0455. The first kappa shape index (κ1) is 12.2. The van der Waals surface area contributed by atoms with Gasteiger partial charge in [0.2, 0.25) is 0 Å². The van der Waals surface area contributed by atoms with Crippen LogP contribution in [0.3, 0.4) is 0 Å². The first-order valence-electron chi connectivity index (χ1n) is 6.19. The molecule has 2 N–H and O–H groups in total. The Morgan fingerprint density at radius 1 is 1.63 bits per heavy atom. The number of nitrogens with zero attached hydrogens (tertiary/aromatic N) is 2. The van der Waals surface area contributed by atoms with Gasteiger partial charge in [-0.15, -0.1) is 11.3 Å². The van der Waals surface area contributed by atoms with Crippen molar-refractivity contribution in [2.45, 2.75) is 32.4 Å². The van der Waals surface area contributed by atoms with Crippen molar-refractivity contribution in [1.82, 2.24) is 9.55 Å². The van der Waals surface area contributed by atoms with E-state index in [1.165, 1.54) is 0 Å². The van der Waals surface area contributed by atoms with E-state index in [0.717, 1.165) is 23.5 Å². The number of hydrogen-bond acceptors (Lipinski definition) is 5. The Morgan fingerprint density at radius 2 is 2.42 bits per heavy atom. The highest BCUT2D eigenvalue weighted by Crippen LogP contribution is 2.37. The van der Waals surface area contributed by atoms with Crippen LogP contribution in [0.2, 0.25) is 0 Å². The second-order valence-electron chi connectivity index (χ2n) is 4.73. The number of aromatic nitrogens is 2. The predicted octanol–water partition coefficient (Wildman–Crippen LogP) is 2.53. The average molecular weight is 277 g/mol. The Balaban J connectivity index is 1.70. The SMILES string of the molecule is Cc1nc(COC(=O)c2cc(N)cn2C2CC2)cs1. The Kier molecular flexibility index (Phi) is 3.02. The molecule has 5 nitrogen and oxygen atoms in total. The molecule has 3 rings (SSSR count). The van der Waals surface area contributed by atoms with E-state index in [2.05, 4.69) is 4.98 Å². The molecule has 6 heteroatoms. The highest BCUT2D eigenvalue weighted by Gasteiger charge is 2.28. The molecule has 1 fully saturated rings. The second-order valence-corrected chi connectivity index (χ2v) is 5.79. The number of rotatable bonds is 4. The molecule has 1 aliphatic carbocycles. The molecule has 2 heterocycles. The van der Waals surface area contributed by atoms with Crippen molar-refractivity contribution in [3.8, 4) is 0 Å². The maximum Gasteiger partial charge on any atom is 0.355 e. The fraction of sp³-hybridized carbons (Fsp3) is 0.385. The third-order valence-corrected chi connectivity index (χ3v) is 3.86. The quantitative estimate of drug-likeness (QED) is 0.872. The molecule has 19 heavy (non-hydrogen) atoms. The largest absolute Gasteiger partial charge is 0.454 e. The van der Waals surface area contributed by atoms with Crippen LogP contribution in [-0.2, 0) is 11.3 Å². The molecule has 0 atom stereocenters. The van der Waals surface area contributed by atoms with Gasteiger partial charge in [-0.2, -0.15) is 0 Å². The van der Waals surface area contributed by atoms with Crippen LogP contribution < -0.4 is 5.73 Å². The summed E-state index contributed by atoms with van der Waals surface area (Å²) in [6.45, 7) is 2.13. The Labute approximate surface area is 115 Å². The van der Waals surface area contributed by atoms with Crippen molar-refractivity contribution in [2.24, 2.45) is 0 Å². The van der Waals surface area contributed by atoms with E-state index in [4.69, 9.17) is 10.5 Å². The molecule has 1 saturated carbocycles. The Hall–Kier alpha value is -1.82. The fourth-order valence-corrected chi connectivity index (χ4v) is 2.60. The van der Waals surface area contributed by atoms with Gasteiger partial charge in [0, 0.05) is 17.6 Å². The van der Waals surface area contributed by atoms with Gasteiger partial charge in [-0.3, -0.25) is 0 Å². The van der Waals surface area contributed by atoms with E-state index in [-0.39, 0.29) is 12.6 Å². The normalized spacial score (nSPS) is 14.6. The third-order valence-electron chi connectivity index (χ3n) is 3.04. The van der Waals surface area contributed by atoms with Crippen LogP contribution in [0.1, 0.15) is 40.1 Å². The number of hydrogen-bond donors (Lipinski definition) is 1. The number of nitrogens with two attached hydrogens (primary N) is 1. The minimum absolute atomic E-state index is 0.207. The smallest absolute Gasteiger partial charge is 0.355 e. The molecule has 0 spiro atoms. The van der Waals surface area contributed by atoms with E-state index in [1.54, 1.807) is 23.6 Å². The number of anilines is 1. The Morgan fingerprint density at radius 3 is 3.05 bits per heavy atom. The number of ether oxygens (including phenoxy) is 1. The first-order valence-corrected chi connectivity index (χ1v) is 7.07. The van der Waals surface area contributed by atoms with Crippen molar-refractivity contribution < 1.29 is 9.53 Å². The molecule has 0 bridgehead atoms. The summed E-state index contributed by atoms with van der Waals surface area (Å²) < 4.78 is 7.21. The summed E-state index contributed by atoms with van der Waals surface area (Å²) in [5.74, 6) is -0.339. The minimum Gasteiger partial charge on any atom is -0.454 e. The second kappa shape index (κ2) is 4.70. The summed E-state index contributed by atoms with van der Waals surface area (Å²) in [5.41, 5.74) is 7.67. The van der Waals surface area contributed by atoms with Crippen LogP contribution in [0.4, 0.5) is 5.69 Å². The Bertz CT molecular complexity index is 613. The number of esters is 1. The maximum absolute atomic E-state index is 12.1. The standard InChI is InChI=1S/C13H15N3O2S/c1-8-15-10(7-19-8)6-18-13(17)12-4-9(14)5-16(12)11-2-3-11/h4-5,7,11H,2-3,6,14H2,1H3. The van der Waals surface area contributed by atoms with Crippen molar-refractivity contribution in [1.29, 1.82) is 0 Å². The molecule has 0 saturated heterocycles. The number of nitrogen functional groups attached to an aromatic ring is 1. The summed E-state index contributed by atoms with van der Waals surface area (Å²) >= 11 is 1.55. The average Bonchev–Trinajstić information content (AvgIpc) is 3.03. The third kappa shape index (κ3) is 2.63. The van der Waals surface area contributed by atoms with Gasteiger partial charge in [0.25, 0.3) is 0 Å². The zero-order valence-corrected chi connectivity index (χ0v) is 11.4. The molecule has 0 unspecified atom stereocenters. The van der Waals surface area contributed by atoms with Gasteiger partial charge < -0.3 is 15.0 Å². The van der Waals surface area contributed by atoms with Crippen LogP contribution in [0.25, 0.3) is 0 Å². The number of aryl methyl sites for hydroxylation is 1. The molecule has 0 aliphatic heterocycles. The van der Waals surface area contributed by atoms with Gasteiger partial charge in [-0.1, -0.05) is 0 Å². The molecule has 0 aromatic carbocycles. The molecule has 0 amide bonds. The van der Waals surface area contributed by atoms with Gasteiger partial charge in [0.05, 0.1) is 16.4 Å². The van der Waals surface area contributed by atoms with Crippen LogP contribution in [0.5, 0.6) is 0 Å². The number of carbonyl (C=O) groups is 1. The van der Waals surface area contributed by atoms with Gasteiger partial charge in [0.1, 0.15) is 12.3 Å². The fourth-order valence-electron chi connectivity index (χ4n) is 2.01. The zero-order chi connectivity index (χ0) is 13.4. The number of carbonyl (C=O) groups excluding carboxylic acids is 1. The van der Waals surface area contributed by atoms with Crippen LogP contribution in [0, 0.1) is 6.92 Å². The molecular weight excluding hydrogens is 262 g/mol. The summed E-state index contributed by atoms with van der Waals surface area (Å²) in [6.07, 6.45) is 4.00. The van der Waals surface area contributed by atoms with Crippen LogP contribution >= 0.6 is 11.3 Å². The highest BCUT2D eigenvalue weighted by molar-refractivity contribution is 7.09. The topological polar surface area (TPSA) is 70.1 Å². The van der Waals surface area contributed by atoms with Crippen molar-refractivity contribution in [3.63, 3.8) is 0 Å². The summed E-state index contributed by atoms with van der Waals surface area (Å²) in [4.78, 5) is 16.3. The minimum atomic E-state index is -0.339. The van der Waals surface area contributed by atoms with E-state index >= 15 is 0 Å². The first-order chi connectivity index (χ1) is 9.13. The lowest BCUT2D eigenvalue weighted by atomic mass is 10.4. The molecule has 1 aliphatic rings. The van der Waals surface area contributed by atoms with Crippen molar-refractivity contribution >= 4 is 23.0 Å². The van der Waals surface area contributed by atoms with Gasteiger partial charge in [0.15, 0.2) is 0 Å². The van der Waals surface area contributed by atoms with E-state index in [9.17, 15) is 4.79 Å². The van der Waals surface area contributed by atoms with Crippen molar-refractivity contribution in [3.05, 3.63) is 34.0 Å². The lowest BCUT2D eigenvalue weighted by Gasteiger charge is -2.06. The predicted molar refractivity (Wildman–Crippen MR) is 73.1 cm³/mol. The maximum atomic E-state index is 12.1. The highest BCUT2D eigenvalue weighted by atomic mass is 32.1. The van der Waals surface area contributed by atoms with Crippen LogP contribution in [-0.4, -0.2) is 15.5 Å². The van der Waals surface area contributed by atoms with E-state index in [1.807, 2.05) is 16.9 Å². The molecule has 2 aromatic rings. The van der Waals surface area contributed by atoms with Crippen molar-refractivity contribution in [2.75, 3.05) is 5.73 Å². The summed E-state index contributed by atoms with van der Waals surface area (Å²) in [6, 6.07) is 2.08. The van der Waals surface area contributed by atoms with Gasteiger partial charge >= 0.3 is 5.97 Å². The monoisotopic (exact) mass is 277 g/mol. The van der Waals surface area contributed by atoms with E-state index in [0.29, 0.717) is 17.4 Å². The number of thiazole rings is 1. The van der Waals surface area contributed by atoms with Gasteiger partial charge in [-0.05, 0) is 25.8 Å². The van der Waals surface area contributed by atoms with Crippen LogP contribution in [0.15, 0.2) is 17.6 Å². The zero-order valence-electron chi connectivity index (χ0n) is 10.6. The molecular formula is C13H15N3O2S. The summed E-state index contributed by atoms with van der Waals surface area (Å²) in [5, 5.41) is 2.87. The summed E-state index contributed by atoms with van der Waals surface area (Å²) in [7, 11) is 0.